The number of pyridine rings is 1. The Hall–Kier alpha value is -3.15. The second-order valence-corrected chi connectivity index (χ2v) is 6.28. The second-order valence-electron chi connectivity index (χ2n) is 6.28. The van der Waals surface area contributed by atoms with E-state index < -0.39 is 6.16 Å². The van der Waals surface area contributed by atoms with Crippen LogP contribution in [0.15, 0.2) is 48.8 Å². The summed E-state index contributed by atoms with van der Waals surface area (Å²) in [6.07, 6.45) is 4.49. The molecule has 3 heterocycles. The molecule has 4 rings (SSSR count). The maximum absolute atomic E-state index is 13.5. The fraction of sp³-hybridized carbons (Fsp3) is 0.238. The van der Waals surface area contributed by atoms with Crippen LogP contribution in [0.2, 0.25) is 0 Å². The third-order valence-corrected chi connectivity index (χ3v) is 4.65. The van der Waals surface area contributed by atoms with Crippen LogP contribution in [-0.4, -0.2) is 22.3 Å². The summed E-state index contributed by atoms with van der Waals surface area (Å²) in [5.74, 6) is 0.174. The highest BCUT2D eigenvalue weighted by Crippen LogP contribution is 2.46. The highest BCUT2D eigenvalue weighted by Gasteiger charge is 2.30. The van der Waals surface area contributed by atoms with Crippen molar-refractivity contribution in [3.05, 3.63) is 60.3 Å². The number of fused-ring (bicyclic) bond motifs is 1. The number of halogens is 1. The van der Waals surface area contributed by atoms with Gasteiger partial charge >= 0.3 is 6.16 Å². The van der Waals surface area contributed by atoms with Crippen LogP contribution in [0.1, 0.15) is 19.0 Å². The molecule has 1 aliphatic rings. The Kier molecular flexibility index (Phi) is 4.62. The molecule has 0 radical (unpaired) electrons. The lowest BCUT2D eigenvalue weighted by atomic mass is 10.00. The summed E-state index contributed by atoms with van der Waals surface area (Å²) in [4.78, 5) is 16.2. The predicted molar refractivity (Wildman–Crippen MR) is 99.0 cm³/mol. The average molecular weight is 366 g/mol. The highest BCUT2D eigenvalue weighted by atomic mass is 19.1. The zero-order valence-electron chi connectivity index (χ0n) is 14.9. The molecule has 0 atom stereocenters. The molecule has 0 N–H and O–H groups in total. The van der Waals surface area contributed by atoms with Crippen molar-refractivity contribution in [2.45, 2.75) is 26.3 Å². The number of rotatable bonds is 4. The van der Waals surface area contributed by atoms with Gasteiger partial charge in [-0.25, -0.2) is 9.18 Å². The maximum atomic E-state index is 13.5. The molecule has 5 nitrogen and oxygen atoms in total. The van der Waals surface area contributed by atoms with Gasteiger partial charge in [-0.1, -0.05) is 12.1 Å². The molecule has 2 aromatic heterocycles. The fourth-order valence-corrected chi connectivity index (χ4v) is 3.58. The molecular formula is C21H19FN2O3. The monoisotopic (exact) mass is 366 g/mol. The molecule has 0 spiro atoms. The molecule has 0 aliphatic carbocycles. The first-order chi connectivity index (χ1) is 13.2. The number of ether oxygens (including phenoxy) is 2. The first-order valence-corrected chi connectivity index (χ1v) is 8.95. The predicted octanol–water partition coefficient (Wildman–Crippen LogP) is 4.84. The molecule has 0 bridgehead atoms. The van der Waals surface area contributed by atoms with Crippen molar-refractivity contribution >= 4 is 6.16 Å². The highest BCUT2D eigenvalue weighted by molar-refractivity contribution is 5.89. The van der Waals surface area contributed by atoms with E-state index in [-0.39, 0.29) is 12.4 Å². The molecule has 6 heteroatoms. The van der Waals surface area contributed by atoms with Crippen LogP contribution < -0.4 is 4.74 Å². The third kappa shape index (κ3) is 3.18. The minimum Gasteiger partial charge on any atom is -0.434 e. The quantitative estimate of drug-likeness (QED) is 0.620. The number of benzene rings is 1. The summed E-state index contributed by atoms with van der Waals surface area (Å²) >= 11 is 0. The van der Waals surface area contributed by atoms with E-state index in [1.165, 1.54) is 12.1 Å². The summed E-state index contributed by atoms with van der Waals surface area (Å²) in [6.45, 7) is 2.79. The van der Waals surface area contributed by atoms with Gasteiger partial charge in [0, 0.05) is 24.5 Å². The van der Waals surface area contributed by atoms with Crippen LogP contribution >= 0.6 is 0 Å². The molecule has 138 valence electrons. The van der Waals surface area contributed by atoms with E-state index in [4.69, 9.17) is 9.47 Å². The van der Waals surface area contributed by atoms with Crippen LogP contribution in [0.25, 0.3) is 22.4 Å². The Morgan fingerprint density at radius 1 is 1.15 bits per heavy atom. The first-order valence-electron chi connectivity index (χ1n) is 8.95. The van der Waals surface area contributed by atoms with Gasteiger partial charge < -0.3 is 14.0 Å². The molecule has 0 unspecified atom stereocenters. The average Bonchev–Trinajstić information content (AvgIpc) is 3.25. The molecule has 0 fully saturated rings. The Morgan fingerprint density at radius 2 is 1.89 bits per heavy atom. The van der Waals surface area contributed by atoms with Gasteiger partial charge in [0.15, 0.2) is 5.75 Å². The smallest absolute Gasteiger partial charge is 0.434 e. The molecule has 27 heavy (non-hydrogen) atoms. The largest absolute Gasteiger partial charge is 0.513 e. The van der Waals surface area contributed by atoms with E-state index in [0.717, 1.165) is 47.5 Å². The van der Waals surface area contributed by atoms with Crippen LogP contribution in [0.5, 0.6) is 5.75 Å². The van der Waals surface area contributed by atoms with Crippen molar-refractivity contribution in [3.63, 3.8) is 0 Å². The van der Waals surface area contributed by atoms with E-state index in [1.807, 2.05) is 12.1 Å². The lowest BCUT2D eigenvalue weighted by Crippen LogP contribution is -2.11. The van der Waals surface area contributed by atoms with Crippen molar-refractivity contribution in [1.82, 2.24) is 9.55 Å². The molecule has 1 aliphatic heterocycles. The van der Waals surface area contributed by atoms with E-state index >= 15 is 0 Å². The number of hydrogen-bond acceptors (Lipinski definition) is 4. The molecular weight excluding hydrogens is 347 g/mol. The van der Waals surface area contributed by atoms with E-state index in [9.17, 15) is 9.18 Å². The van der Waals surface area contributed by atoms with Gasteiger partial charge in [0.1, 0.15) is 5.82 Å². The fourth-order valence-electron chi connectivity index (χ4n) is 3.58. The number of aromatic nitrogens is 2. The van der Waals surface area contributed by atoms with Crippen molar-refractivity contribution in [2.75, 3.05) is 6.61 Å². The van der Waals surface area contributed by atoms with Crippen LogP contribution in [0.4, 0.5) is 9.18 Å². The number of carbonyl (C=O) groups is 1. The van der Waals surface area contributed by atoms with Crippen molar-refractivity contribution in [3.8, 4) is 28.1 Å². The minimum atomic E-state index is -0.734. The van der Waals surface area contributed by atoms with Crippen LogP contribution in [-0.2, 0) is 17.7 Å². The molecule has 3 aromatic rings. The Bertz CT molecular complexity index is 965. The molecule has 0 saturated carbocycles. The topological polar surface area (TPSA) is 53.4 Å². The summed E-state index contributed by atoms with van der Waals surface area (Å²) in [6, 6.07) is 10.0. The number of carbonyl (C=O) groups excluding carboxylic acids is 1. The van der Waals surface area contributed by atoms with Gasteiger partial charge in [-0.05, 0) is 49.6 Å². The van der Waals surface area contributed by atoms with Gasteiger partial charge in [0.25, 0.3) is 0 Å². The summed E-state index contributed by atoms with van der Waals surface area (Å²) in [7, 11) is 0. The molecule has 1 aromatic carbocycles. The van der Waals surface area contributed by atoms with Crippen molar-refractivity contribution in [1.29, 1.82) is 0 Å². The summed E-state index contributed by atoms with van der Waals surface area (Å²) in [5, 5.41) is 0. The van der Waals surface area contributed by atoms with E-state index in [0.29, 0.717) is 5.75 Å². The Balaban J connectivity index is 1.95. The lowest BCUT2D eigenvalue weighted by molar-refractivity contribution is 0.104. The second kappa shape index (κ2) is 7.23. The minimum absolute atomic E-state index is 0.234. The van der Waals surface area contributed by atoms with Crippen LogP contribution in [0, 0.1) is 5.82 Å². The normalized spacial score (nSPS) is 12.7. The van der Waals surface area contributed by atoms with Crippen molar-refractivity contribution in [2.24, 2.45) is 0 Å². The molecule has 0 amide bonds. The van der Waals surface area contributed by atoms with E-state index in [2.05, 4.69) is 9.55 Å². The van der Waals surface area contributed by atoms with Gasteiger partial charge in [-0.2, -0.15) is 0 Å². The van der Waals surface area contributed by atoms with Crippen molar-refractivity contribution < 1.29 is 18.7 Å². The van der Waals surface area contributed by atoms with Gasteiger partial charge in [0.05, 0.1) is 23.6 Å². The summed E-state index contributed by atoms with van der Waals surface area (Å²) in [5.41, 5.74) is 4.41. The zero-order valence-corrected chi connectivity index (χ0v) is 14.9. The Morgan fingerprint density at radius 3 is 2.59 bits per heavy atom. The summed E-state index contributed by atoms with van der Waals surface area (Å²) < 4.78 is 26.3. The number of nitrogens with zero attached hydrogens (tertiary/aromatic N) is 2. The van der Waals surface area contributed by atoms with Gasteiger partial charge in [-0.3, -0.25) is 4.98 Å². The zero-order chi connectivity index (χ0) is 18.8. The molecule has 0 saturated heterocycles. The van der Waals surface area contributed by atoms with Gasteiger partial charge in [-0.15, -0.1) is 0 Å². The first kappa shape index (κ1) is 17.3. The van der Waals surface area contributed by atoms with Crippen LogP contribution in [0.3, 0.4) is 0 Å². The Labute approximate surface area is 156 Å². The van der Waals surface area contributed by atoms with E-state index in [1.54, 1.807) is 31.5 Å². The lowest BCUT2D eigenvalue weighted by Gasteiger charge is -2.11. The van der Waals surface area contributed by atoms with Gasteiger partial charge in [0.2, 0.25) is 0 Å². The maximum Gasteiger partial charge on any atom is 0.513 e. The standard InChI is InChI=1S/C21H19FN2O3/c1-2-26-21(25)27-20-17-4-3-13-24(17)19(15-9-11-23-12-10-15)18(20)14-5-7-16(22)8-6-14/h5-12H,2-4,13H2,1H3. The number of hydrogen-bond donors (Lipinski definition) is 0. The third-order valence-electron chi connectivity index (χ3n) is 4.65. The SMILES string of the molecule is CCOC(=O)Oc1c(-c2ccc(F)cc2)c(-c2ccncc2)n2c1CCC2.